The Morgan fingerprint density at radius 3 is 1.88 bits per heavy atom. The zero-order chi connectivity index (χ0) is 35.9. The number of aromatic hydroxyl groups is 1. The van der Waals surface area contributed by atoms with Crippen LogP contribution in [-0.2, 0) is 17.6 Å². The molecule has 2 atom stereocenters. The summed E-state index contributed by atoms with van der Waals surface area (Å²) in [5.74, 6) is -1.35. The van der Waals surface area contributed by atoms with E-state index in [1.807, 2.05) is 51.1 Å². The summed E-state index contributed by atoms with van der Waals surface area (Å²) < 4.78 is 0. The Balaban J connectivity index is 1.92. The van der Waals surface area contributed by atoms with E-state index in [1.165, 1.54) is 35.2 Å². The summed E-state index contributed by atoms with van der Waals surface area (Å²) in [6.45, 7) is 7.48. The Labute approximate surface area is 289 Å². The minimum Gasteiger partial charge on any atom is -0.508 e. The molecule has 0 aliphatic heterocycles. The minimum absolute atomic E-state index is 0.0171. The number of nitrogens with zero attached hydrogens (tertiary/aromatic N) is 3. The Bertz CT molecular complexity index is 1520. The number of amides is 4. The van der Waals surface area contributed by atoms with Crippen molar-refractivity contribution >= 4 is 23.6 Å². The first-order chi connectivity index (χ1) is 23.4. The van der Waals surface area contributed by atoms with E-state index >= 15 is 0 Å². The standard InChI is InChI=1S/C38H51N5O6/c1-6-18-42(19-7-2)38(49)31-24-29(23-30(25-31)37(48)41(4)5)36(47)39-33(21-28-14-16-32(44)17-15-28)34(45)26-43(20-8-3)40-35(46)22-27-12-10-9-11-13-27/h9-17,23-25,33-34,44-45H,6-8,18-22,26H2,1-5H3,(H,39,47)(H,40,46). The maximum absolute atomic E-state index is 13.9. The lowest BCUT2D eigenvalue weighted by Gasteiger charge is -2.30. The van der Waals surface area contributed by atoms with Crippen molar-refractivity contribution < 1.29 is 29.4 Å². The molecule has 3 aromatic carbocycles. The third-order valence-electron chi connectivity index (χ3n) is 7.93. The number of carbonyl (C=O) groups excluding carboxylic acids is 4. The monoisotopic (exact) mass is 673 g/mol. The average Bonchev–Trinajstić information content (AvgIpc) is 3.08. The van der Waals surface area contributed by atoms with Gasteiger partial charge in [-0.3, -0.25) is 24.6 Å². The molecule has 0 aliphatic carbocycles. The van der Waals surface area contributed by atoms with Crippen LogP contribution < -0.4 is 10.7 Å². The molecule has 3 aromatic rings. The van der Waals surface area contributed by atoms with E-state index in [2.05, 4.69) is 10.7 Å². The zero-order valence-corrected chi connectivity index (χ0v) is 29.3. The number of aliphatic hydroxyl groups excluding tert-OH is 1. The topological polar surface area (TPSA) is 143 Å². The molecular formula is C38H51N5O6. The molecule has 0 saturated carbocycles. The van der Waals surface area contributed by atoms with Crippen LogP contribution in [-0.4, -0.2) is 101 Å². The molecule has 0 aromatic heterocycles. The zero-order valence-electron chi connectivity index (χ0n) is 29.3. The third kappa shape index (κ3) is 12.0. The van der Waals surface area contributed by atoms with Gasteiger partial charge in [-0.05, 0) is 67.1 Å². The number of hydrogen-bond donors (Lipinski definition) is 4. The second-order valence-electron chi connectivity index (χ2n) is 12.5. The molecule has 0 radical (unpaired) electrons. The van der Waals surface area contributed by atoms with Crippen molar-refractivity contribution in [3.8, 4) is 5.75 Å². The van der Waals surface area contributed by atoms with Gasteiger partial charge in [-0.1, -0.05) is 63.2 Å². The van der Waals surface area contributed by atoms with Crippen LogP contribution in [0.15, 0.2) is 72.8 Å². The summed E-state index contributed by atoms with van der Waals surface area (Å²) in [5, 5.41) is 26.0. The van der Waals surface area contributed by atoms with E-state index < -0.39 is 18.1 Å². The second kappa shape index (κ2) is 19.3. The van der Waals surface area contributed by atoms with Gasteiger partial charge in [-0.15, -0.1) is 0 Å². The summed E-state index contributed by atoms with van der Waals surface area (Å²) in [7, 11) is 3.20. The highest BCUT2D eigenvalue weighted by Gasteiger charge is 2.27. The smallest absolute Gasteiger partial charge is 0.253 e. The van der Waals surface area contributed by atoms with Crippen molar-refractivity contribution in [2.24, 2.45) is 0 Å². The molecule has 0 spiro atoms. The number of aliphatic hydroxyl groups is 1. The van der Waals surface area contributed by atoms with Crippen LogP contribution in [0.5, 0.6) is 5.75 Å². The highest BCUT2D eigenvalue weighted by molar-refractivity contribution is 6.04. The number of carbonyl (C=O) groups is 4. The van der Waals surface area contributed by atoms with Gasteiger partial charge < -0.3 is 25.3 Å². The van der Waals surface area contributed by atoms with Crippen LogP contribution in [0.3, 0.4) is 0 Å². The first kappa shape index (κ1) is 38.7. The molecular weight excluding hydrogens is 622 g/mol. The number of benzene rings is 3. The van der Waals surface area contributed by atoms with Gasteiger partial charge >= 0.3 is 0 Å². The number of nitrogens with one attached hydrogen (secondary N) is 2. The van der Waals surface area contributed by atoms with E-state index in [0.29, 0.717) is 26.1 Å². The molecule has 11 nitrogen and oxygen atoms in total. The fraction of sp³-hybridized carbons (Fsp3) is 0.421. The van der Waals surface area contributed by atoms with Crippen LogP contribution >= 0.6 is 0 Å². The molecule has 0 bridgehead atoms. The third-order valence-corrected chi connectivity index (χ3v) is 7.93. The van der Waals surface area contributed by atoms with Gasteiger partial charge in [0.2, 0.25) is 5.91 Å². The van der Waals surface area contributed by atoms with E-state index in [0.717, 1.165) is 24.0 Å². The highest BCUT2D eigenvalue weighted by atomic mass is 16.3. The number of hydrazine groups is 1. The Kier molecular flexibility index (Phi) is 15.2. The summed E-state index contributed by atoms with van der Waals surface area (Å²) in [4.78, 5) is 56.6. The molecule has 0 aliphatic rings. The number of hydrogen-bond acceptors (Lipinski definition) is 7. The summed E-state index contributed by atoms with van der Waals surface area (Å²) in [6, 6.07) is 19.4. The van der Waals surface area contributed by atoms with E-state index in [1.54, 1.807) is 36.1 Å². The van der Waals surface area contributed by atoms with Gasteiger partial charge in [0.1, 0.15) is 5.75 Å². The lowest BCUT2D eigenvalue weighted by molar-refractivity contribution is -0.126. The Morgan fingerprint density at radius 1 is 0.735 bits per heavy atom. The predicted octanol–water partition coefficient (Wildman–Crippen LogP) is 4.04. The molecule has 4 amide bonds. The van der Waals surface area contributed by atoms with Crippen LogP contribution in [0, 0.1) is 0 Å². The second-order valence-corrected chi connectivity index (χ2v) is 12.5. The van der Waals surface area contributed by atoms with Gasteiger partial charge in [0, 0.05) is 57.0 Å². The number of phenols is 1. The lowest BCUT2D eigenvalue weighted by Crippen LogP contribution is -2.53. The highest BCUT2D eigenvalue weighted by Crippen LogP contribution is 2.18. The fourth-order valence-corrected chi connectivity index (χ4v) is 5.54. The number of rotatable bonds is 18. The van der Waals surface area contributed by atoms with Crippen molar-refractivity contribution in [3.63, 3.8) is 0 Å². The summed E-state index contributed by atoms with van der Waals surface area (Å²) >= 11 is 0. The van der Waals surface area contributed by atoms with E-state index in [-0.39, 0.29) is 59.5 Å². The SMILES string of the molecule is CCCN(CC(O)C(Cc1ccc(O)cc1)NC(=O)c1cc(C(=O)N(C)C)cc(C(=O)N(CCC)CCC)c1)NC(=O)Cc1ccccc1. The van der Waals surface area contributed by atoms with Crippen LogP contribution in [0.2, 0.25) is 0 Å². The van der Waals surface area contributed by atoms with Gasteiger partial charge in [0.15, 0.2) is 0 Å². The average molecular weight is 674 g/mol. The number of phenolic OH excluding ortho intramolecular Hbond substituents is 1. The van der Waals surface area contributed by atoms with E-state index in [4.69, 9.17) is 0 Å². The first-order valence-corrected chi connectivity index (χ1v) is 17.0. The first-order valence-electron chi connectivity index (χ1n) is 17.0. The largest absolute Gasteiger partial charge is 0.508 e. The Hall–Kier alpha value is -4.74. The normalized spacial score (nSPS) is 12.2. The summed E-state index contributed by atoms with van der Waals surface area (Å²) in [5.41, 5.74) is 5.03. The Morgan fingerprint density at radius 2 is 1.31 bits per heavy atom. The van der Waals surface area contributed by atoms with Crippen molar-refractivity contribution in [2.75, 3.05) is 40.3 Å². The van der Waals surface area contributed by atoms with Crippen LogP contribution in [0.1, 0.15) is 82.2 Å². The predicted molar refractivity (Wildman–Crippen MR) is 190 cm³/mol. The molecule has 49 heavy (non-hydrogen) atoms. The lowest BCUT2D eigenvalue weighted by atomic mass is 9.99. The van der Waals surface area contributed by atoms with Crippen LogP contribution in [0.4, 0.5) is 0 Å². The van der Waals surface area contributed by atoms with Gasteiger partial charge in [0.05, 0.1) is 18.6 Å². The van der Waals surface area contributed by atoms with Crippen molar-refractivity contribution in [3.05, 3.63) is 101 Å². The fourth-order valence-electron chi connectivity index (χ4n) is 5.54. The maximum atomic E-state index is 13.9. The molecule has 2 unspecified atom stereocenters. The van der Waals surface area contributed by atoms with Crippen LogP contribution in [0.25, 0.3) is 0 Å². The molecule has 0 heterocycles. The van der Waals surface area contributed by atoms with Crippen molar-refractivity contribution in [1.82, 2.24) is 25.6 Å². The summed E-state index contributed by atoms with van der Waals surface area (Å²) in [6.07, 6.45) is 1.44. The maximum Gasteiger partial charge on any atom is 0.253 e. The molecule has 0 fully saturated rings. The molecule has 264 valence electrons. The van der Waals surface area contributed by atoms with E-state index in [9.17, 15) is 29.4 Å². The van der Waals surface area contributed by atoms with Gasteiger partial charge in [-0.2, -0.15) is 0 Å². The van der Waals surface area contributed by atoms with Crippen molar-refractivity contribution in [1.29, 1.82) is 0 Å². The van der Waals surface area contributed by atoms with Gasteiger partial charge in [0.25, 0.3) is 17.7 Å². The molecule has 11 heteroatoms. The molecule has 0 saturated heterocycles. The minimum atomic E-state index is -1.14. The van der Waals surface area contributed by atoms with Crippen molar-refractivity contribution in [2.45, 2.75) is 65.0 Å². The van der Waals surface area contributed by atoms with Gasteiger partial charge in [-0.25, -0.2) is 5.01 Å². The molecule has 4 N–H and O–H groups in total. The molecule has 3 rings (SSSR count). The quantitative estimate of drug-likeness (QED) is 0.149.